The average Bonchev–Trinajstić information content (AvgIpc) is 3.32. The molecule has 3 amide bonds. The van der Waals surface area contributed by atoms with Crippen molar-refractivity contribution in [3.63, 3.8) is 0 Å². The SMILES string of the molecule is CCC(C)C(NC(=O)C(Cc1cnc[nH]1)NC(=O)C(N)CCCCN)C(=O)NC(C(=O)O)C(C)C. The number of hydrogen-bond acceptors (Lipinski definition) is 7. The van der Waals surface area contributed by atoms with Crippen molar-refractivity contribution in [2.75, 3.05) is 6.54 Å². The molecule has 1 rings (SSSR count). The number of nitrogens with zero attached hydrogens (tertiary/aromatic N) is 1. The molecule has 1 heterocycles. The Bertz CT molecular complexity index is 815. The summed E-state index contributed by atoms with van der Waals surface area (Å²) in [5.41, 5.74) is 12.1. The van der Waals surface area contributed by atoms with Gasteiger partial charge in [-0.2, -0.15) is 0 Å². The number of hydrogen-bond donors (Lipinski definition) is 7. The Morgan fingerprint density at radius 3 is 2.20 bits per heavy atom. The van der Waals surface area contributed by atoms with Gasteiger partial charge < -0.3 is 37.5 Å². The van der Waals surface area contributed by atoms with Crippen molar-refractivity contribution in [2.24, 2.45) is 23.3 Å². The van der Waals surface area contributed by atoms with Crippen LogP contribution in [0.25, 0.3) is 0 Å². The van der Waals surface area contributed by atoms with Crippen LogP contribution in [0.4, 0.5) is 0 Å². The molecule has 0 aromatic carbocycles. The van der Waals surface area contributed by atoms with Crippen LogP contribution in [0.5, 0.6) is 0 Å². The molecule has 9 N–H and O–H groups in total. The van der Waals surface area contributed by atoms with Crippen LogP contribution in [-0.2, 0) is 25.6 Å². The molecule has 0 bridgehead atoms. The van der Waals surface area contributed by atoms with Gasteiger partial charge in [-0.3, -0.25) is 14.4 Å². The lowest BCUT2D eigenvalue weighted by molar-refractivity contribution is -0.144. The van der Waals surface area contributed by atoms with Crippen LogP contribution in [0.1, 0.15) is 59.1 Å². The number of imidazole rings is 1. The minimum atomic E-state index is -1.16. The molecule has 1 aromatic rings. The number of H-pyrrole nitrogens is 1. The minimum absolute atomic E-state index is 0.103. The molecular weight excluding hydrogens is 454 g/mol. The highest BCUT2D eigenvalue weighted by Crippen LogP contribution is 2.11. The Hall–Kier alpha value is -2.99. The zero-order valence-electron chi connectivity index (χ0n) is 21.0. The number of aliphatic carboxylic acids is 1. The van der Waals surface area contributed by atoms with E-state index in [0.29, 0.717) is 31.5 Å². The Kier molecular flexibility index (Phi) is 13.0. The first kappa shape index (κ1) is 30.0. The quantitative estimate of drug-likeness (QED) is 0.150. The smallest absolute Gasteiger partial charge is 0.326 e. The second kappa shape index (κ2) is 15.1. The van der Waals surface area contributed by atoms with Gasteiger partial charge in [0, 0.05) is 18.3 Å². The van der Waals surface area contributed by atoms with Gasteiger partial charge >= 0.3 is 5.97 Å². The number of carboxylic acid groups (broad SMARTS) is 1. The third-order valence-electron chi connectivity index (χ3n) is 5.94. The van der Waals surface area contributed by atoms with E-state index >= 15 is 0 Å². The Morgan fingerprint density at radius 2 is 1.69 bits per heavy atom. The number of aromatic nitrogens is 2. The summed E-state index contributed by atoms with van der Waals surface area (Å²) in [6.07, 6.45) is 5.49. The maximum absolute atomic E-state index is 13.3. The fraction of sp³-hybridized carbons (Fsp3) is 0.696. The van der Waals surface area contributed by atoms with Crippen LogP contribution in [0.2, 0.25) is 0 Å². The molecule has 12 nitrogen and oxygen atoms in total. The van der Waals surface area contributed by atoms with Crippen LogP contribution < -0.4 is 27.4 Å². The molecule has 35 heavy (non-hydrogen) atoms. The third-order valence-corrected chi connectivity index (χ3v) is 5.94. The first-order chi connectivity index (χ1) is 16.5. The highest BCUT2D eigenvalue weighted by atomic mass is 16.4. The number of rotatable bonds is 16. The van der Waals surface area contributed by atoms with Crippen molar-refractivity contribution >= 4 is 23.7 Å². The summed E-state index contributed by atoms with van der Waals surface area (Å²) in [5.74, 6) is -3.47. The highest BCUT2D eigenvalue weighted by Gasteiger charge is 2.33. The molecule has 12 heteroatoms. The van der Waals surface area contributed by atoms with Crippen LogP contribution in [-0.4, -0.2) is 69.5 Å². The van der Waals surface area contributed by atoms with Crippen LogP contribution in [0, 0.1) is 11.8 Å². The van der Waals surface area contributed by atoms with Crippen LogP contribution >= 0.6 is 0 Å². The van der Waals surface area contributed by atoms with Gasteiger partial charge in [-0.15, -0.1) is 0 Å². The molecule has 0 radical (unpaired) electrons. The molecule has 0 aliphatic carbocycles. The van der Waals surface area contributed by atoms with Crippen molar-refractivity contribution in [3.05, 3.63) is 18.2 Å². The summed E-state index contributed by atoms with van der Waals surface area (Å²) in [6, 6.07) is -3.93. The molecule has 198 valence electrons. The van der Waals surface area contributed by atoms with Crippen molar-refractivity contribution in [1.29, 1.82) is 0 Å². The van der Waals surface area contributed by atoms with Crippen molar-refractivity contribution in [2.45, 2.75) is 84.0 Å². The van der Waals surface area contributed by atoms with Gasteiger partial charge in [-0.1, -0.05) is 40.5 Å². The zero-order valence-corrected chi connectivity index (χ0v) is 21.0. The van der Waals surface area contributed by atoms with E-state index in [0.717, 1.165) is 6.42 Å². The van der Waals surface area contributed by atoms with Gasteiger partial charge in [-0.25, -0.2) is 9.78 Å². The van der Waals surface area contributed by atoms with E-state index in [1.54, 1.807) is 20.8 Å². The Morgan fingerprint density at radius 1 is 1.03 bits per heavy atom. The van der Waals surface area contributed by atoms with E-state index < -0.39 is 47.9 Å². The van der Waals surface area contributed by atoms with Gasteiger partial charge in [0.15, 0.2) is 0 Å². The van der Waals surface area contributed by atoms with Gasteiger partial charge in [0.2, 0.25) is 17.7 Å². The second-order valence-electron chi connectivity index (χ2n) is 9.17. The number of nitrogens with two attached hydrogens (primary N) is 2. The molecule has 0 aliphatic rings. The maximum Gasteiger partial charge on any atom is 0.326 e. The number of amides is 3. The number of nitrogens with one attached hydrogen (secondary N) is 4. The fourth-order valence-electron chi connectivity index (χ4n) is 3.46. The Labute approximate surface area is 206 Å². The highest BCUT2D eigenvalue weighted by molar-refractivity contribution is 5.94. The minimum Gasteiger partial charge on any atom is -0.480 e. The summed E-state index contributed by atoms with van der Waals surface area (Å²) < 4.78 is 0. The monoisotopic (exact) mass is 495 g/mol. The first-order valence-electron chi connectivity index (χ1n) is 12.1. The maximum atomic E-state index is 13.3. The van der Waals surface area contributed by atoms with E-state index in [4.69, 9.17) is 11.5 Å². The van der Waals surface area contributed by atoms with Gasteiger partial charge in [0.05, 0.1) is 12.4 Å². The van der Waals surface area contributed by atoms with Crippen LogP contribution in [0.15, 0.2) is 12.5 Å². The van der Waals surface area contributed by atoms with Crippen LogP contribution in [0.3, 0.4) is 0 Å². The molecule has 0 saturated carbocycles. The predicted octanol–water partition coefficient (Wildman–Crippen LogP) is -0.350. The van der Waals surface area contributed by atoms with Crippen molar-refractivity contribution in [3.8, 4) is 0 Å². The topological polar surface area (TPSA) is 205 Å². The third kappa shape index (κ3) is 10.0. The van der Waals surface area contributed by atoms with E-state index in [9.17, 15) is 24.3 Å². The standard InChI is InChI=1S/C23H41N7O5/c1-5-14(4)19(22(33)29-18(13(2)3)23(34)35)30-21(32)17(10-15-11-26-12-27-15)28-20(31)16(25)8-6-7-9-24/h11-14,16-19H,5-10,24-25H2,1-4H3,(H,26,27)(H,28,31)(H,29,33)(H,30,32)(H,34,35). The van der Waals surface area contributed by atoms with Gasteiger partial charge in [-0.05, 0) is 31.2 Å². The Balaban J connectivity index is 3.03. The summed E-state index contributed by atoms with van der Waals surface area (Å²) in [5, 5.41) is 17.3. The van der Waals surface area contributed by atoms with Gasteiger partial charge in [0.25, 0.3) is 0 Å². The molecule has 0 aliphatic heterocycles. The number of carbonyl (C=O) groups is 4. The molecule has 5 unspecified atom stereocenters. The van der Waals surface area contributed by atoms with E-state index in [1.807, 2.05) is 6.92 Å². The van der Waals surface area contributed by atoms with E-state index in [2.05, 4.69) is 25.9 Å². The number of carboxylic acids is 1. The fourth-order valence-corrected chi connectivity index (χ4v) is 3.46. The van der Waals surface area contributed by atoms with Crippen molar-refractivity contribution in [1.82, 2.24) is 25.9 Å². The van der Waals surface area contributed by atoms with Gasteiger partial charge in [0.1, 0.15) is 18.1 Å². The molecule has 5 atom stereocenters. The zero-order chi connectivity index (χ0) is 26.5. The summed E-state index contributed by atoms with van der Waals surface area (Å²) in [6.45, 7) is 7.51. The molecule has 0 saturated heterocycles. The predicted molar refractivity (Wildman–Crippen MR) is 131 cm³/mol. The first-order valence-corrected chi connectivity index (χ1v) is 12.1. The normalized spacial score (nSPS) is 15.5. The number of aromatic amines is 1. The van der Waals surface area contributed by atoms with E-state index in [-0.39, 0.29) is 18.3 Å². The lowest BCUT2D eigenvalue weighted by Gasteiger charge is -2.28. The summed E-state index contributed by atoms with van der Waals surface area (Å²) in [7, 11) is 0. The lowest BCUT2D eigenvalue weighted by Crippen LogP contribution is -2.59. The summed E-state index contributed by atoms with van der Waals surface area (Å²) in [4.78, 5) is 57.3. The summed E-state index contributed by atoms with van der Waals surface area (Å²) >= 11 is 0. The number of carbonyl (C=O) groups excluding carboxylic acids is 3. The molecule has 0 spiro atoms. The van der Waals surface area contributed by atoms with E-state index in [1.165, 1.54) is 12.5 Å². The van der Waals surface area contributed by atoms with Crippen molar-refractivity contribution < 1.29 is 24.3 Å². The molecule has 0 fully saturated rings. The lowest BCUT2D eigenvalue weighted by atomic mass is 9.96. The molecular formula is C23H41N7O5. The second-order valence-corrected chi connectivity index (χ2v) is 9.17. The average molecular weight is 496 g/mol. The molecule has 1 aromatic heterocycles. The number of unbranched alkanes of at least 4 members (excludes halogenated alkanes) is 1. The largest absolute Gasteiger partial charge is 0.480 e.